The quantitative estimate of drug-likeness (QED) is 0.598. The number of piperazine rings is 1. The minimum atomic E-state index is -0.355. The second-order valence-electron chi connectivity index (χ2n) is 6.80. The fourth-order valence-electron chi connectivity index (χ4n) is 3.24. The highest BCUT2D eigenvalue weighted by Crippen LogP contribution is 2.33. The Morgan fingerprint density at radius 3 is 2.64 bits per heavy atom. The smallest absolute Gasteiger partial charge is 0.341 e. The van der Waals surface area contributed by atoms with Crippen LogP contribution in [0.3, 0.4) is 0 Å². The van der Waals surface area contributed by atoms with Gasteiger partial charge in [0.25, 0.3) is 0 Å². The SMILES string of the molecule is COC(=O)c1c(NC(=S)N2CCN(Cc3cccc(F)c3)CC2)sc(C)c1C. The zero-order valence-electron chi connectivity index (χ0n) is 16.3. The van der Waals surface area contributed by atoms with E-state index in [0.717, 1.165) is 53.7 Å². The van der Waals surface area contributed by atoms with E-state index in [2.05, 4.69) is 15.1 Å². The number of carbonyl (C=O) groups is 1. The molecule has 1 aliphatic heterocycles. The van der Waals surface area contributed by atoms with E-state index in [1.807, 2.05) is 19.9 Å². The summed E-state index contributed by atoms with van der Waals surface area (Å²) in [5.74, 6) is -0.559. The number of hydrogen-bond donors (Lipinski definition) is 1. The second-order valence-corrected chi connectivity index (χ2v) is 8.41. The maximum atomic E-state index is 13.4. The summed E-state index contributed by atoms with van der Waals surface area (Å²) in [5.41, 5.74) is 2.44. The van der Waals surface area contributed by atoms with Crippen LogP contribution in [0.5, 0.6) is 0 Å². The number of rotatable bonds is 4. The lowest BCUT2D eigenvalue weighted by molar-refractivity contribution is 0.0601. The van der Waals surface area contributed by atoms with E-state index in [-0.39, 0.29) is 11.8 Å². The molecular formula is C20H24FN3O2S2. The first kappa shape index (κ1) is 20.7. The number of thiophene rings is 1. The Balaban J connectivity index is 1.59. The molecule has 150 valence electrons. The highest BCUT2D eigenvalue weighted by atomic mass is 32.1. The van der Waals surface area contributed by atoms with Crippen molar-refractivity contribution < 1.29 is 13.9 Å². The number of aryl methyl sites for hydroxylation is 1. The number of nitrogens with one attached hydrogen (secondary N) is 1. The summed E-state index contributed by atoms with van der Waals surface area (Å²) >= 11 is 7.09. The number of esters is 1. The monoisotopic (exact) mass is 421 g/mol. The first-order chi connectivity index (χ1) is 13.4. The second kappa shape index (κ2) is 8.98. The van der Waals surface area contributed by atoms with Gasteiger partial charge in [-0.2, -0.15) is 0 Å². The van der Waals surface area contributed by atoms with Crippen LogP contribution in [-0.2, 0) is 11.3 Å². The van der Waals surface area contributed by atoms with Gasteiger partial charge in [-0.15, -0.1) is 11.3 Å². The largest absolute Gasteiger partial charge is 0.465 e. The van der Waals surface area contributed by atoms with Crippen LogP contribution in [0, 0.1) is 19.7 Å². The Morgan fingerprint density at radius 2 is 2.00 bits per heavy atom. The number of ether oxygens (including phenoxy) is 1. The third-order valence-corrected chi connectivity index (χ3v) is 6.43. The topological polar surface area (TPSA) is 44.8 Å². The zero-order valence-corrected chi connectivity index (χ0v) is 17.9. The van der Waals surface area contributed by atoms with Crippen molar-refractivity contribution in [2.75, 3.05) is 38.6 Å². The molecule has 1 saturated heterocycles. The first-order valence-corrected chi connectivity index (χ1v) is 10.3. The summed E-state index contributed by atoms with van der Waals surface area (Å²) in [4.78, 5) is 17.6. The molecule has 1 N–H and O–H groups in total. The van der Waals surface area contributed by atoms with Gasteiger partial charge in [0, 0.05) is 37.6 Å². The number of nitrogens with zero attached hydrogens (tertiary/aromatic N) is 2. The van der Waals surface area contributed by atoms with Gasteiger partial charge < -0.3 is 15.0 Å². The molecule has 0 atom stereocenters. The van der Waals surface area contributed by atoms with Crippen molar-refractivity contribution in [1.29, 1.82) is 0 Å². The minimum absolute atomic E-state index is 0.204. The number of thiocarbonyl (C=S) groups is 1. The van der Waals surface area contributed by atoms with Crippen LogP contribution in [0.4, 0.5) is 9.39 Å². The highest BCUT2D eigenvalue weighted by Gasteiger charge is 2.24. The van der Waals surface area contributed by atoms with Crippen molar-refractivity contribution in [3.05, 3.63) is 51.7 Å². The first-order valence-electron chi connectivity index (χ1n) is 9.10. The van der Waals surface area contributed by atoms with Gasteiger partial charge in [-0.05, 0) is 49.3 Å². The van der Waals surface area contributed by atoms with Gasteiger partial charge in [0.05, 0.1) is 12.7 Å². The average Bonchev–Trinajstić information content (AvgIpc) is 2.95. The molecule has 2 aromatic rings. The van der Waals surface area contributed by atoms with E-state index in [9.17, 15) is 9.18 Å². The number of methoxy groups -OCH3 is 1. The lowest BCUT2D eigenvalue weighted by Gasteiger charge is -2.36. The van der Waals surface area contributed by atoms with E-state index >= 15 is 0 Å². The molecule has 1 aromatic carbocycles. The Hall–Kier alpha value is -2.03. The van der Waals surface area contributed by atoms with Crippen molar-refractivity contribution in [3.63, 3.8) is 0 Å². The molecule has 28 heavy (non-hydrogen) atoms. The molecular weight excluding hydrogens is 397 g/mol. The average molecular weight is 422 g/mol. The molecule has 1 fully saturated rings. The van der Waals surface area contributed by atoms with Gasteiger partial charge >= 0.3 is 5.97 Å². The molecule has 0 bridgehead atoms. The van der Waals surface area contributed by atoms with E-state index in [1.165, 1.54) is 24.5 Å². The van der Waals surface area contributed by atoms with Gasteiger partial charge in [-0.25, -0.2) is 9.18 Å². The molecule has 0 amide bonds. The van der Waals surface area contributed by atoms with Crippen LogP contribution in [0.25, 0.3) is 0 Å². The maximum Gasteiger partial charge on any atom is 0.341 e. The summed E-state index contributed by atoms with van der Waals surface area (Å²) in [7, 11) is 1.38. The molecule has 1 aliphatic rings. The normalized spacial score (nSPS) is 14.8. The van der Waals surface area contributed by atoms with Gasteiger partial charge in [-0.1, -0.05) is 12.1 Å². The van der Waals surface area contributed by atoms with E-state index in [1.54, 1.807) is 12.1 Å². The van der Waals surface area contributed by atoms with Crippen molar-refractivity contribution in [2.24, 2.45) is 0 Å². The molecule has 5 nitrogen and oxygen atoms in total. The summed E-state index contributed by atoms with van der Waals surface area (Å²) < 4.78 is 18.3. The van der Waals surface area contributed by atoms with Gasteiger partial charge in [0.1, 0.15) is 10.8 Å². The molecule has 8 heteroatoms. The minimum Gasteiger partial charge on any atom is -0.465 e. The van der Waals surface area contributed by atoms with E-state index in [0.29, 0.717) is 10.7 Å². The van der Waals surface area contributed by atoms with Gasteiger partial charge in [0.2, 0.25) is 0 Å². The van der Waals surface area contributed by atoms with Gasteiger partial charge in [-0.3, -0.25) is 4.90 Å². The molecule has 0 unspecified atom stereocenters. The number of benzene rings is 1. The summed E-state index contributed by atoms with van der Waals surface area (Å²) in [6.45, 7) is 7.84. The lowest BCUT2D eigenvalue weighted by atomic mass is 10.1. The molecule has 1 aromatic heterocycles. The summed E-state index contributed by atoms with van der Waals surface area (Å²) in [6.07, 6.45) is 0. The van der Waals surface area contributed by atoms with Crippen LogP contribution < -0.4 is 5.32 Å². The standard InChI is InChI=1S/C20H24FN3O2S2/c1-13-14(2)28-18(17(13)19(25)26-3)22-20(27)24-9-7-23(8-10-24)12-15-5-4-6-16(21)11-15/h4-6,11H,7-10,12H2,1-3H3,(H,22,27). The highest BCUT2D eigenvalue weighted by molar-refractivity contribution is 7.80. The predicted octanol–water partition coefficient (Wildman–Crippen LogP) is 3.81. The summed E-state index contributed by atoms with van der Waals surface area (Å²) in [5, 5.41) is 4.57. The Morgan fingerprint density at radius 1 is 1.29 bits per heavy atom. The predicted molar refractivity (Wildman–Crippen MR) is 115 cm³/mol. The number of halogens is 1. The van der Waals surface area contributed by atoms with E-state index < -0.39 is 0 Å². The Labute approximate surface area is 174 Å². The molecule has 0 aliphatic carbocycles. The van der Waals surface area contributed by atoms with Crippen molar-refractivity contribution in [2.45, 2.75) is 20.4 Å². The van der Waals surface area contributed by atoms with Crippen LogP contribution in [-0.4, -0.2) is 54.2 Å². The van der Waals surface area contributed by atoms with E-state index in [4.69, 9.17) is 17.0 Å². The third-order valence-electron chi connectivity index (χ3n) is 4.95. The Kier molecular flexibility index (Phi) is 6.64. The Bertz CT molecular complexity index is 876. The number of carbonyl (C=O) groups excluding carboxylic acids is 1. The molecule has 2 heterocycles. The van der Waals surface area contributed by atoms with Crippen LogP contribution in [0.2, 0.25) is 0 Å². The van der Waals surface area contributed by atoms with Crippen LogP contribution >= 0.6 is 23.6 Å². The van der Waals surface area contributed by atoms with Crippen molar-refractivity contribution in [1.82, 2.24) is 9.80 Å². The fraction of sp³-hybridized carbons (Fsp3) is 0.400. The molecule has 0 spiro atoms. The number of anilines is 1. The van der Waals surface area contributed by atoms with Crippen LogP contribution in [0.1, 0.15) is 26.4 Å². The van der Waals surface area contributed by atoms with Gasteiger partial charge in [0.15, 0.2) is 5.11 Å². The lowest BCUT2D eigenvalue weighted by Crippen LogP contribution is -2.49. The number of hydrogen-bond acceptors (Lipinski definition) is 5. The zero-order chi connectivity index (χ0) is 20.3. The van der Waals surface area contributed by atoms with Crippen LogP contribution in [0.15, 0.2) is 24.3 Å². The molecule has 0 saturated carbocycles. The maximum absolute atomic E-state index is 13.4. The third kappa shape index (κ3) is 4.68. The van der Waals surface area contributed by atoms with Crippen molar-refractivity contribution >= 4 is 39.6 Å². The molecule has 3 rings (SSSR count). The molecule has 0 radical (unpaired) electrons. The summed E-state index contributed by atoms with van der Waals surface area (Å²) in [6, 6.07) is 6.72. The van der Waals surface area contributed by atoms with Crippen molar-refractivity contribution in [3.8, 4) is 0 Å². The fourth-order valence-corrected chi connectivity index (χ4v) is 4.64.